The van der Waals surface area contributed by atoms with Crippen LogP contribution in [-0.4, -0.2) is 77.4 Å². The quantitative estimate of drug-likeness (QED) is 0.365. The summed E-state index contributed by atoms with van der Waals surface area (Å²) in [5.74, 6) is -1.33. The number of aryl methyl sites for hydroxylation is 1. The van der Waals surface area contributed by atoms with Gasteiger partial charge in [0.15, 0.2) is 0 Å². The van der Waals surface area contributed by atoms with Crippen molar-refractivity contribution < 1.29 is 28.6 Å². The molecule has 1 aromatic rings. The Morgan fingerprint density at radius 3 is 2.31 bits per heavy atom. The number of ether oxygens (including phenoxy) is 1. The topological polar surface area (TPSA) is 111 Å². The lowest BCUT2D eigenvalue weighted by molar-refractivity contribution is -0.128. The van der Waals surface area contributed by atoms with Gasteiger partial charge in [0.1, 0.15) is 11.4 Å². The molecular formula is C32H53FN4O5. The third kappa shape index (κ3) is 10.5. The highest BCUT2D eigenvalue weighted by Gasteiger charge is 2.42. The molecule has 42 heavy (non-hydrogen) atoms. The monoisotopic (exact) mass is 592 g/mol. The minimum atomic E-state index is -1.10. The molecule has 0 unspecified atom stereocenters. The van der Waals surface area contributed by atoms with E-state index in [1.165, 1.54) is 12.1 Å². The summed E-state index contributed by atoms with van der Waals surface area (Å²) in [5, 5.41) is 17.3. The van der Waals surface area contributed by atoms with Crippen molar-refractivity contribution in [2.75, 3.05) is 31.1 Å². The molecule has 3 amide bonds. The van der Waals surface area contributed by atoms with Crippen molar-refractivity contribution >= 4 is 23.6 Å². The summed E-state index contributed by atoms with van der Waals surface area (Å²) in [7, 11) is 0. The molecule has 0 bridgehead atoms. The molecular weight excluding hydrogens is 539 g/mol. The number of benzene rings is 1. The molecule has 1 aliphatic heterocycles. The van der Waals surface area contributed by atoms with E-state index in [-0.39, 0.29) is 49.2 Å². The van der Waals surface area contributed by atoms with Crippen molar-refractivity contribution in [1.29, 1.82) is 0 Å². The molecule has 9 nitrogen and oxygen atoms in total. The molecule has 10 heteroatoms. The van der Waals surface area contributed by atoms with E-state index in [4.69, 9.17) is 4.74 Å². The average molecular weight is 593 g/mol. The van der Waals surface area contributed by atoms with E-state index >= 15 is 0 Å². The minimum absolute atomic E-state index is 0.00183. The van der Waals surface area contributed by atoms with Crippen molar-refractivity contribution in [3.8, 4) is 0 Å². The highest BCUT2D eigenvalue weighted by atomic mass is 19.1. The SMILES string of the molecule is Cc1ccc(F)cc1N1CC(C)(C)N(C[C@H](NC(=O)OC(C)(C)C)[C@@H](O)C[C@H](C(=O)NCC(C)(C)C)C(C)C)CC1=O. The van der Waals surface area contributed by atoms with E-state index < -0.39 is 41.1 Å². The normalized spacial score (nSPS) is 18.4. The first kappa shape index (κ1) is 35.5. The van der Waals surface area contributed by atoms with Crippen LogP contribution in [0.15, 0.2) is 18.2 Å². The average Bonchev–Trinajstić information content (AvgIpc) is 2.82. The molecule has 3 N–H and O–H groups in total. The van der Waals surface area contributed by atoms with Crippen LogP contribution in [0.4, 0.5) is 14.9 Å². The maximum absolute atomic E-state index is 14.1. The van der Waals surface area contributed by atoms with Crippen LogP contribution in [0.1, 0.15) is 81.2 Å². The highest BCUT2D eigenvalue weighted by molar-refractivity contribution is 5.96. The van der Waals surface area contributed by atoms with Crippen LogP contribution in [0.5, 0.6) is 0 Å². The summed E-state index contributed by atoms with van der Waals surface area (Å²) in [6.07, 6.45) is -1.67. The van der Waals surface area contributed by atoms with Gasteiger partial charge < -0.3 is 25.4 Å². The van der Waals surface area contributed by atoms with Crippen molar-refractivity contribution in [2.45, 2.75) is 106 Å². The molecule has 3 atom stereocenters. The Bertz CT molecular complexity index is 1110. The number of aliphatic hydroxyl groups excluding tert-OH is 1. The number of hydrogen-bond donors (Lipinski definition) is 3. The zero-order valence-electron chi connectivity index (χ0n) is 27.4. The number of anilines is 1. The second kappa shape index (κ2) is 13.7. The molecule has 0 radical (unpaired) electrons. The van der Waals surface area contributed by atoms with Crippen LogP contribution in [0.3, 0.4) is 0 Å². The zero-order chi connectivity index (χ0) is 32.2. The van der Waals surface area contributed by atoms with Gasteiger partial charge >= 0.3 is 6.09 Å². The Balaban J connectivity index is 2.30. The van der Waals surface area contributed by atoms with Gasteiger partial charge in [-0.3, -0.25) is 14.5 Å². The van der Waals surface area contributed by atoms with Crippen molar-refractivity contribution in [3.63, 3.8) is 0 Å². The van der Waals surface area contributed by atoms with Crippen molar-refractivity contribution in [3.05, 3.63) is 29.6 Å². The lowest BCUT2D eigenvalue weighted by Crippen LogP contribution is -2.65. The summed E-state index contributed by atoms with van der Waals surface area (Å²) < 4.78 is 19.6. The number of nitrogens with zero attached hydrogens (tertiary/aromatic N) is 2. The molecule has 1 saturated heterocycles. The summed E-state index contributed by atoms with van der Waals surface area (Å²) in [5.41, 5.74) is -0.116. The summed E-state index contributed by atoms with van der Waals surface area (Å²) in [6.45, 7) is 21.9. The molecule has 0 saturated carbocycles. The third-order valence-corrected chi connectivity index (χ3v) is 7.50. The Morgan fingerprint density at radius 1 is 1.14 bits per heavy atom. The Kier molecular flexibility index (Phi) is 11.6. The molecule has 0 aromatic heterocycles. The lowest BCUT2D eigenvalue weighted by atomic mass is 9.86. The van der Waals surface area contributed by atoms with Gasteiger partial charge in [0, 0.05) is 36.8 Å². The van der Waals surface area contributed by atoms with E-state index in [1.807, 2.05) is 60.3 Å². The molecule has 1 fully saturated rings. The van der Waals surface area contributed by atoms with Gasteiger partial charge in [-0.15, -0.1) is 0 Å². The van der Waals surface area contributed by atoms with Gasteiger partial charge in [0.2, 0.25) is 11.8 Å². The molecule has 238 valence electrons. The first-order valence-electron chi connectivity index (χ1n) is 14.9. The van der Waals surface area contributed by atoms with Crippen LogP contribution >= 0.6 is 0 Å². The molecule has 0 aliphatic carbocycles. The maximum Gasteiger partial charge on any atom is 0.408 e. The van der Waals surface area contributed by atoms with Gasteiger partial charge in [-0.2, -0.15) is 0 Å². The molecule has 1 aromatic carbocycles. The van der Waals surface area contributed by atoms with Crippen LogP contribution in [-0.2, 0) is 14.3 Å². The number of aliphatic hydroxyl groups is 1. The molecule has 1 heterocycles. The van der Waals surface area contributed by atoms with Gasteiger partial charge in [-0.25, -0.2) is 9.18 Å². The van der Waals surface area contributed by atoms with Crippen molar-refractivity contribution in [1.82, 2.24) is 15.5 Å². The van der Waals surface area contributed by atoms with Crippen LogP contribution < -0.4 is 15.5 Å². The van der Waals surface area contributed by atoms with E-state index in [9.17, 15) is 23.9 Å². The molecule has 2 rings (SSSR count). The highest BCUT2D eigenvalue weighted by Crippen LogP contribution is 2.30. The van der Waals surface area contributed by atoms with E-state index in [1.54, 1.807) is 31.7 Å². The number of alkyl carbamates (subject to hydrolysis) is 1. The number of carbonyl (C=O) groups excluding carboxylic acids is 3. The first-order chi connectivity index (χ1) is 19.1. The number of amides is 3. The lowest BCUT2D eigenvalue weighted by Gasteiger charge is -2.48. The summed E-state index contributed by atoms with van der Waals surface area (Å²) >= 11 is 0. The van der Waals surface area contributed by atoms with Crippen LogP contribution in [0, 0.1) is 30.0 Å². The fourth-order valence-corrected chi connectivity index (χ4v) is 4.99. The maximum atomic E-state index is 14.1. The smallest absolute Gasteiger partial charge is 0.408 e. The summed E-state index contributed by atoms with van der Waals surface area (Å²) in [6, 6.07) is 3.56. The third-order valence-electron chi connectivity index (χ3n) is 7.50. The fraction of sp³-hybridized carbons (Fsp3) is 0.719. The first-order valence-corrected chi connectivity index (χ1v) is 14.9. The number of nitrogens with one attached hydrogen (secondary N) is 2. The van der Waals surface area contributed by atoms with Gasteiger partial charge in [-0.1, -0.05) is 40.7 Å². The number of rotatable bonds is 10. The van der Waals surface area contributed by atoms with Gasteiger partial charge in [0.05, 0.1) is 18.7 Å². The largest absolute Gasteiger partial charge is 0.444 e. The summed E-state index contributed by atoms with van der Waals surface area (Å²) in [4.78, 5) is 42.9. The number of halogens is 1. The van der Waals surface area contributed by atoms with E-state index in [0.717, 1.165) is 5.56 Å². The second-order valence-corrected chi connectivity index (χ2v) is 14.8. The second-order valence-electron chi connectivity index (χ2n) is 14.8. The van der Waals surface area contributed by atoms with Gasteiger partial charge in [0.25, 0.3) is 0 Å². The van der Waals surface area contributed by atoms with Crippen LogP contribution in [0.2, 0.25) is 0 Å². The predicted octanol–water partition coefficient (Wildman–Crippen LogP) is 4.64. The van der Waals surface area contributed by atoms with Gasteiger partial charge in [-0.05, 0) is 77.0 Å². The number of piperazine rings is 1. The Hall–Kier alpha value is -2.72. The number of carbonyl (C=O) groups is 3. The van der Waals surface area contributed by atoms with E-state index in [2.05, 4.69) is 10.6 Å². The van der Waals surface area contributed by atoms with Crippen molar-refractivity contribution in [2.24, 2.45) is 17.3 Å². The fourth-order valence-electron chi connectivity index (χ4n) is 4.99. The minimum Gasteiger partial charge on any atom is -0.444 e. The Labute approximate surface area is 251 Å². The standard InChI is InChI=1S/C32H53FN4O5/c1-20(2)23(28(40)34-18-30(4,5)6)15-26(38)24(35-29(41)42-31(7,8)9)16-36-17-27(39)37(19-32(36,10)11)25-14-22(33)13-12-21(25)3/h12-14,20,23-24,26,38H,15-19H2,1-11H3,(H,34,40)(H,35,41)/t23-,24-,26-/m0/s1. The zero-order valence-corrected chi connectivity index (χ0v) is 27.4. The predicted molar refractivity (Wildman–Crippen MR) is 164 cm³/mol. The van der Waals surface area contributed by atoms with Crippen LogP contribution in [0.25, 0.3) is 0 Å². The molecule has 0 spiro atoms. The Morgan fingerprint density at radius 2 is 1.76 bits per heavy atom. The van der Waals surface area contributed by atoms with E-state index in [0.29, 0.717) is 12.2 Å². The molecule has 1 aliphatic rings. The number of hydrogen-bond acceptors (Lipinski definition) is 6.